The summed E-state index contributed by atoms with van der Waals surface area (Å²) in [7, 11) is 0. The summed E-state index contributed by atoms with van der Waals surface area (Å²) in [4.78, 5) is 16.4. The number of H-pyrrole nitrogens is 1. The second-order valence-corrected chi connectivity index (χ2v) is 5.10. The quantitative estimate of drug-likeness (QED) is 0.914. The van der Waals surface area contributed by atoms with E-state index in [2.05, 4.69) is 34.1 Å². The minimum absolute atomic E-state index is 0.0312. The Morgan fingerprint density at radius 2 is 2.00 bits per heavy atom. The zero-order valence-electron chi connectivity index (χ0n) is 10.9. The summed E-state index contributed by atoms with van der Waals surface area (Å²) in [5, 5.41) is 0. The van der Waals surface area contributed by atoms with Gasteiger partial charge in [-0.3, -0.25) is 9.69 Å². The van der Waals surface area contributed by atoms with Crippen LogP contribution in [0, 0.1) is 0 Å². The molecule has 19 heavy (non-hydrogen) atoms. The zero-order valence-corrected chi connectivity index (χ0v) is 10.9. The smallest absolute Gasteiger partial charge is 0.247 e. The Balaban J connectivity index is 1.78. The van der Waals surface area contributed by atoms with Crippen molar-refractivity contribution in [1.82, 2.24) is 9.88 Å². The van der Waals surface area contributed by atoms with Gasteiger partial charge >= 0.3 is 0 Å². The highest BCUT2D eigenvalue weighted by molar-refractivity contribution is 5.18. The molecule has 0 spiro atoms. The Bertz CT molecular complexity index is 571. The summed E-state index contributed by atoms with van der Waals surface area (Å²) >= 11 is 0. The fraction of sp³-hybridized carbons (Fsp3) is 0.312. The third-order valence-corrected chi connectivity index (χ3v) is 3.79. The molecule has 3 heteroatoms. The van der Waals surface area contributed by atoms with E-state index in [0.29, 0.717) is 6.04 Å². The molecular weight excluding hydrogens is 236 g/mol. The summed E-state index contributed by atoms with van der Waals surface area (Å²) in [5.74, 6) is 0. The maximum atomic E-state index is 11.1. The van der Waals surface area contributed by atoms with Gasteiger partial charge < -0.3 is 4.98 Å². The van der Waals surface area contributed by atoms with Gasteiger partial charge in [-0.1, -0.05) is 36.4 Å². The molecular formula is C16H18N2O. The van der Waals surface area contributed by atoms with Crippen LogP contribution in [0.2, 0.25) is 0 Å². The van der Waals surface area contributed by atoms with Crippen molar-refractivity contribution in [2.75, 3.05) is 6.54 Å². The van der Waals surface area contributed by atoms with E-state index >= 15 is 0 Å². The molecule has 98 valence electrons. The minimum atomic E-state index is -0.0312. The number of aromatic nitrogens is 1. The van der Waals surface area contributed by atoms with Gasteiger partial charge in [0, 0.05) is 24.8 Å². The van der Waals surface area contributed by atoms with E-state index in [1.165, 1.54) is 24.0 Å². The van der Waals surface area contributed by atoms with Crippen LogP contribution in [0.4, 0.5) is 0 Å². The molecule has 1 atom stereocenters. The lowest BCUT2D eigenvalue weighted by molar-refractivity contribution is 0.248. The van der Waals surface area contributed by atoms with Gasteiger partial charge in [-0.05, 0) is 30.5 Å². The average Bonchev–Trinajstić information content (AvgIpc) is 2.89. The van der Waals surface area contributed by atoms with Crippen molar-refractivity contribution in [3.63, 3.8) is 0 Å². The fourth-order valence-electron chi connectivity index (χ4n) is 2.84. The summed E-state index contributed by atoms with van der Waals surface area (Å²) in [6, 6.07) is 14.6. The van der Waals surface area contributed by atoms with Gasteiger partial charge in [-0.15, -0.1) is 0 Å². The molecule has 1 unspecified atom stereocenters. The number of nitrogens with one attached hydrogen (secondary N) is 1. The summed E-state index contributed by atoms with van der Waals surface area (Å²) < 4.78 is 0. The molecule has 3 nitrogen and oxygen atoms in total. The third kappa shape index (κ3) is 2.76. The molecule has 0 saturated carbocycles. The van der Waals surface area contributed by atoms with Crippen LogP contribution in [0.1, 0.15) is 30.0 Å². The predicted octanol–water partition coefficient (Wildman–Crippen LogP) is 2.71. The molecule has 2 heterocycles. The monoisotopic (exact) mass is 254 g/mol. The lowest BCUT2D eigenvalue weighted by Gasteiger charge is -2.24. The first-order valence-corrected chi connectivity index (χ1v) is 6.79. The Morgan fingerprint density at radius 3 is 2.74 bits per heavy atom. The van der Waals surface area contributed by atoms with E-state index in [1.54, 1.807) is 6.07 Å². The highest BCUT2D eigenvalue weighted by atomic mass is 16.1. The van der Waals surface area contributed by atoms with Crippen LogP contribution in [0.3, 0.4) is 0 Å². The number of rotatable bonds is 3. The number of aromatic amines is 1. The molecule has 0 radical (unpaired) electrons. The molecule has 0 bridgehead atoms. The predicted molar refractivity (Wildman–Crippen MR) is 75.9 cm³/mol. The molecule has 0 amide bonds. The van der Waals surface area contributed by atoms with Gasteiger partial charge in [0.1, 0.15) is 0 Å². The Morgan fingerprint density at radius 1 is 1.16 bits per heavy atom. The van der Waals surface area contributed by atoms with E-state index < -0.39 is 0 Å². The molecule has 1 aromatic heterocycles. The molecule has 1 fully saturated rings. The number of benzene rings is 1. The Hall–Kier alpha value is -1.87. The molecule has 1 aliphatic heterocycles. The fourth-order valence-corrected chi connectivity index (χ4v) is 2.84. The second kappa shape index (κ2) is 5.41. The van der Waals surface area contributed by atoms with Crippen LogP contribution < -0.4 is 5.56 Å². The van der Waals surface area contributed by atoms with Crippen LogP contribution in [0.15, 0.2) is 53.5 Å². The lowest BCUT2D eigenvalue weighted by atomic mass is 10.1. The molecule has 0 aliphatic carbocycles. The standard InChI is InChI=1S/C16H18N2O/c19-16-9-8-14(11-17-16)15-7-4-10-18(15)12-13-5-2-1-3-6-13/h1-3,5-6,8-9,11,15H,4,7,10,12H2,(H,17,19). The van der Waals surface area contributed by atoms with Gasteiger partial charge in [-0.2, -0.15) is 0 Å². The first kappa shape index (κ1) is 12.2. The van der Waals surface area contributed by atoms with E-state index in [-0.39, 0.29) is 5.56 Å². The molecule has 2 aromatic rings. The van der Waals surface area contributed by atoms with E-state index in [0.717, 1.165) is 13.1 Å². The topological polar surface area (TPSA) is 36.1 Å². The maximum Gasteiger partial charge on any atom is 0.247 e. The van der Waals surface area contributed by atoms with Gasteiger partial charge in [0.05, 0.1) is 0 Å². The zero-order chi connectivity index (χ0) is 13.1. The van der Waals surface area contributed by atoms with Crippen molar-refractivity contribution in [2.45, 2.75) is 25.4 Å². The number of hydrogen-bond acceptors (Lipinski definition) is 2. The van der Waals surface area contributed by atoms with E-state index in [1.807, 2.05) is 18.3 Å². The van der Waals surface area contributed by atoms with Crippen molar-refractivity contribution in [3.8, 4) is 0 Å². The summed E-state index contributed by atoms with van der Waals surface area (Å²) in [6.07, 6.45) is 4.24. The third-order valence-electron chi connectivity index (χ3n) is 3.79. The van der Waals surface area contributed by atoms with Gasteiger partial charge in [0.2, 0.25) is 5.56 Å². The van der Waals surface area contributed by atoms with Gasteiger partial charge in [0.25, 0.3) is 0 Å². The lowest BCUT2D eigenvalue weighted by Crippen LogP contribution is -2.23. The first-order valence-electron chi connectivity index (χ1n) is 6.79. The number of nitrogens with zero attached hydrogens (tertiary/aromatic N) is 1. The molecule has 1 saturated heterocycles. The Kier molecular flexibility index (Phi) is 3.47. The van der Waals surface area contributed by atoms with Crippen molar-refractivity contribution >= 4 is 0 Å². The molecule has 1 aromatic carbocycles. The molecule has 3 rings (SSSR count). The second-order valence-electron chi connectivity index (χ2n) is 5.10. The molecule has 1 N–H and O–H groups in total. The summed E-state index contributed by atoms with van der Waals surface area (Å²) in [6.45, 7) is 2.10. The number of likely N-dealkylation sites (tertiary alicyclic amines) is 1. The van der Waals surface area contributed by atoms with Crippen molar-refractivity contribution in [3.05, 3.63) is 70.1 Å². The van der Waals surface area contributed by atoms with Crippen LogP contribution in [0.25, 0.3) is 0 Å². The van der Waals surface area contributed by atoms with Gasteiger partial charge in [0.15, 0.2) is 0 Å². The Labute approximate surface area is 112 Å². The van der Waals surface area contributed by atoms with Crippen molar-refractivity contribution < 1.29 is 0 Å². The normalized spacial score (nSPS) is 19.7. The van der Waals surface area contributed by atoms with Crippen LogP contribution in [0.5, 0.6) is 0 Å². The average molecular weight is 254 g/mol. The van der Waals surface area contributed by atoms with Crippen LogP contribution >= 0.6 is 0 Å². The highest BCUT2D eigenvalue weighted by Gasteiger charge is 2.25. The minimum Gasteiger partial charge on any atom is -0.329 e. The first-order chi connectivity index (χ1) is 9.33. The largest absolute Gasteiger partial charge is 0.329 e. The summed E-state index contributed by atoms with van der Waals surface area (Å²) in [5.41, 5.74) is 2.53. The van der Waals surface area contributed by atoms with Crippen molar-refractivity contribution in [1.29, 1.82) is 0 Å². The molecule has 1 aliphatic rings. The SMILES string of the molecule is O=c1ccc(C2CCCN2Cc2ccccc2)c[nH]1. The van der Waals surface area contributed by atoms with E-state index in [9.17, 15) is 4.79 Å². The van der Waals surface area contributed by atoms with Crippen LogP contribution in [-0.2, 0) is 6.54 Å². The van der Waals surface area contributed by atoms with Crippen molar-refractivity contribution in [2.24, 2.45) is 0 Å². The van der Waals surface area contributed by atoms with E-state index in [4.69, 9.17) is 0 Å². The highest BCUT2D eigenvalue weighted by Crippen LogP contribution is 2.32. The van der Waals surface area contributed by atoms with Crippen LogP contribution in [-0.4, -0.2) is 16.4 Å². The maximum absolute atomic E-state index is 11.1. The van der Waals surface area contributed by atoms with Gasteiger partial charge in [-0.25, -0.2) is 0 Å². The number of pyridine rings is 1. The number of hydrogen-bond donors (Lipinski definition) is 1.